The van der Waals surface area contributed by atoms with Crippen LogP contribution < -0.4 is 5.32 Å². The van der Waals surface area contributed by atoms with E-state index in [0.717, 1.165) is 10.5 Å². The predicted octanol–water partition coefficient (Wildman–Crippen LogP) is 3.59. The normalized spacial score (nSPS) is 12.9. The molecule has 1 amide bonds. The second kappa shape index (κ2) is 9.13. The molecule has 0 fully saturated rings. The number of hydrogen-bond acceptors (Lipinski definition) is 4. The van der Waals surface area contributed by atoms with Crippen LogP contribution >= 0.6 is 11.8 Å². The summed E-state index contributed by atoms with van der Waals surface area (Å²) in [5, 5.41) is 2.31. The third kappa shape index (κ3) is 5.13. The van der Waals surface area contributed by atoms with Gasteiger partial charge in [-0.05, 0) is 31.5 Å². The van der Waals surface area contributed by atoms with Gasteiger partial charge in [0.15, 0.2) is 0 Å². The lowest BCUT2D eigenvalue weighted by molar-refractivity contribution is -0.146. The molecule has 0 saturated heterocycles. The van der Waals surface area contributed by atoms with Gasteiger partial charge >= 0.3 is 5.97 Å². The smallest absolute Gasteiger partial charge is 0.328 e. The zero-order valence-corrected chi connectivity index (χ0v) is 14.6. The van der Waals surface area contributed by atoms with E-state index in [4.69, 9.17) is 4.74 Å². The molecular weight excluding hydrogens is 322 g/mol. The van der Waals surface area contributed by atoms with Crippen LogP contribution in [0.25, 0.3) is 0 Å². The molecule has 0 aliphatic rings. The predicted molar refractivity (Wildman–Crippen MR) is 95.7 cm³/mol. The number of thioether (sulfide) groups is 1. The van der Waals surface area contributed by atoms with Gasteiger partial charge in [-0.3, -0.25) is 4.79 Å². The number of carbonyl (C=O) groups is 2. The van der Waals surface area contributed by atoms with Gasteiger partial charge in [0.25, 0.3) is 0 Å². The van der Waals surface area contributed by atoms with Crippen LogP contribution in [-0.2, 0) is 14.3 Å². The lowest BCUT2D eigenvalue weighted by Gasteiger charge is -2.19. The number of rotatable bonds is 7. The van der Waals surface area contributed by atoms with Gasteiger partial charge in [0.1, 0.15) is 11.3 Å². The molecule has 2 aromatic rings. The molecule has 0 aliphatic carbocycles. The number of amides is 1. The van der Waals surface area contributed by atoms with Crippen LogP contribution in [-0.4, -0.2) is 24.5 Å². The molecule has 126 valence electrons. The molecule has 0 saturated carbocycles. The summed E-state index contributed by atoms with van der Waals surface area (Å²) >= 11 is 1.45. The van der Waals surface area contributed by atoms with Gasteiger partial charge in [0, 0.05) is 4.90 Å². The molecule has 4 nitrogen and oxygen atoms in total. The average molecular weight is 343 g/mol. The first kappa shape index (κ1) is 18.1. The summed E-state index contributed by atoms with van der Waals surface area (Å²) in [4.78, 5) is 25.5. The maximum absolute atomic E-state index is 12.7. The van der Waals surface area contributed by atoms with Crippen molar-refractivity contribution in [2.45, 2.75) is 30.0 Å². The van der Waals surface area contributed by atoms with Crippen molar-refractivity contribution < 1.29 is 14.3 Å². The number of esters is 1. The third-order valence-corrected chi connectivity index (χ3v) is 4.60. The van der Waals surface area contributed by atoms with Crippen molar-refractivity contribution in [3.63, 3.8) is 0 Å². The minimum absolute atomic E-state index is 0.212. The van der Waals surface area contributed by atoms with Gasteiger partial charge < -0.3 is 10.1 Å². The van der Waals surface area contributed by atoms with Gasteiger partial charge in [-0.1, -0.05) is 48.5 Å². The van der Waals surface area contributed by atoms with E-state index in [1.807, 2.05) is 60.7 Å². The van der Waals surface area contributed by atoms with Gasteiger partial charge in [0.05, 0.1) is 6.61 Å². The second-order valence-electron chi connectivity index (χ2n) is 5.20. The molecule has 2 unspecified atom stereocenters. The molecule has 24 heavy (non-hydrogen) atoms. The fourth-order valence-corrected chi connectivity index (χ4v) is 3.21. The molecule has 2 atom stereocenters. The van der Waals surface area contributed by atoms with E-state index in [9.17, 15) is 9.59 Å². The number of ether oxygens (including phenoxy) is 1. The van der Waals surface area contributed by atoms with E-state index in [1.165, 1.54) is 11.8 Å². The van der Waals surface area contributed by atoms with Crippen molar-refractivity contribution in [3.8, 4) is 0 Å². The van der Waals surface area contributed by atoms with E-state index in [-0.39, 0.29) is 5.91 Å². The minimum Gasteiger partial charge on any atom is -0.464 e. The molecule has 0 heterocycles. The molecule has 2 aromatic carbocycles. The molecular formula is C19H21NO3S. The molecule has 2 rings (SSSR count). The van der Waals surface area contributed by atoms with E-state index >= 15 is 0 Å². The summed E-state index contributed by atoms with van der Waals surface area (Å²) in [6, 6.07) is 18.6. The highest BCUT2D eigenvalue weighted by Crippen LogP contribution is 2.35. The summed E-state index contributed by atoms with van der Waals surface area (Å²) in [6.45, 7) is 3.66. The number of benzene rings is 2. The maximum Gasteiger partial charge on any atom is 0.328 e. The van der Waals surface area contributed by atoms with Gasteiger partial charge in [-0.2, -0.15) is 0 Å². The van der Waals surface area contributed by atoms with Gasteiger partial charge in [-0.25, -0.2) is 4.79 Å². The van der Waals surface area contributed by atoms with Crippen molar-refractivity contribution in [1.29, 1.82) is 0 Å². The first-order chi connectivity index (χ1) is 11.6. The Bertz CT molecular complexity index is 661. The summed E-state index contributed by atoms with van der Waals surface area (Å²) in [7, 11) is 0. The highest BCUT2D eigenvalue weighted by molar-refractivity contribution is 8.00. The molecule has 0 radical (unpaired) electrons. The highest BCUT2D eigenvalue weighted by Gasteiger charge is 2.25. The van der Waals surface area contributed by atoms with E-state index in [0.29, 0.717) is 6.61 Å². The Hall–Kier alpha value is -2.27. The van der Waals surface area contributed by atoms with Crippen LogP contribution in [0.1, 0.15) is 24.7 Å². The zero-order valence-electron chi connectivity index (χ0n) is 13.8. The van der Waals surface area contributed by atoms with Crippen LogP contribution in [0.15, 0.2) is 65.6 Å². The Morgan fingerprint density at radius 3 is 2.21 bits per heavy atom. The Labute approximate surface area is 146 Å². The Morgan fingerprint density at radius 1 is 1.04 bits per heavy atom. The van der Waals surface area contributed by atoms with E-state index < -0.39 is 17.3 Å². The second-order valence-corrected chi connectivity index (χ2v) is 6.38. The van der Waals surface area contributed by atoms with Crippen LogP contribution in [0.2, 0.25) is 0 Å². The number of carbonyl (C=O) groups excluding carboxylic acids is 2. The molecule has 0 bridgehead atoms. The molecule has 0 aliphatic heterocycles. The summed E-state index contributed by atoms with van der Waals surface area (Å²) < 4.78 is 4.95. The summed E-state index contributed by atoms with van der Waals surface area (Å²) in [5.74, 6) is -0.641. The van der Waals surface area contributed by atoms with Crippen molar-refractivity contribution in [2.75, 3.05) is 6.61 Å². The van der Waals surface area contributed by atoms with Crippen LogP contribution in [0, 0.1) is 0 Å². The average Bonchev–Trinajstić information content (AvgIpc) is 2.61. The van der Waals surface area contributed by atoms with Crippen molar-refractivity contribution in [1.82, 2.24) is 5.32 Å². The Balaban J connectivity index is 2.16. The monoisotopic (exact) mass is 343 g/mol. The lowest BCUT2D eigenvalue weighted by atomic mass is 10.1. The van der Waals surface area contributed by atoms with Crippen molar-refractivity contribution in [2.24, 2.45) is 0 Å². The third-order valence-electron chi connectivity index (χ3n) is 3.34. The Kier molecular flexibility index (Phi) is 6.88. The Morgan fingerprint density at radius 2 is 1.62 bits per heavy atom. The topological polar surface area (TPSA) is 55.4 Å². The molecule has 5 heteroatoms. The zero-order chi connectivity index (χ0) is 17.4. The quantitative estimate of drug-likeness (QED) is 0.617. The van der Waals surface area contributed by atoms with Crippen LogP contribution in [0.3, 0.4) is 0 Å². The summed E-state index contributed by atoms with van der Waals surface area (Å²) in [5.41, 5.74) is 0.889. The number of hydrogen-bond donors (Lipinski definition) is 1. The maximum atomic E-state index is 12.7. The number of nitrogens with one attached hydrogen (secondary N) is 1. The minimum atomic E-state index is -0.681. The molecule has 1 N–H and O–H groups in total. The van der Waals surface area contributed by atoms with Gasteiger partial charge in [-0.15, -0.1) is 11.8 Å². The van der Waals surface area contributed by atoms with E-state index in [2.05, 4.69) is 5.32 Å². The van der Waals surface area contributed by atoms with Gasteiger partial charge in [0.2, 0.25) is 5.91 Å². The summed E-state index contributed by atoms with van der Waals surface area (Å²) in [6.07, 6.45) is 0. The standard InChI is InChI=1S/C19H21NO3S/c1-3-23-19(22)14(2)20-18(21)17(15-10-6-4-7-11-15)24-16-12-8-5-9-13-16/h4-14,17H,3H2,1-2H3,(H,20,21). The fourth-order valence-electron chi connectivity index (χ4n) is 2.15. The van der Waals surface area contributed by atoms with E-state index in [1.54, 1.807) is 13.8 Å². The van der Waals surface area contributed by atoms with Crippen LogP contribution in [0.4, 0.5) is 0 Å². The fraction of sp³-hybridized carbons (Fsp3) is 0.263. The van der Waals surface area contributed by atoms with Crippen molar-refractivity contribution >= 4 is 23.6 Å². The largest absolute Gasteiger partial charge is 0.464 e. The first-order valence-corrected chi connectivity index (χ1v) is 8.73. The SMILES string of the molecule is CCOC(=O)C(C)NC(=O)C(Sc1ccccc1)c1ccccc1. The first-order valence-electron chi connectivity index (χ1n) is 7.85. The van der Waals surface area contributed by atoms with Crippen molar-refractivity contribution in [3.05, 3.63) is 66.2 Å². The van der Waals surface area contributed by atoms with Crippen LogP contribution in [0.5, 0.6) is 0 Å². The molecule has 0 spiro atoms. The molecule has 0 aromatic heterocycles. The lowest BCUT2D eigenvalue weighted by Crippen LogP contribution is -2.41. The highest BCUT2D eigenvalue weighted by atomic mass is 32.2.